The van der Waals surface area contributed by atoms with Gasteiger partial charge in [-0.25, -0.2) is 0 Å². The van der Waals surface area contributed by atoms with Crippen molar-refractivity contribution in [3.63, 3.8) is 0 Å². The number of hydrogen-bond donors (Lipinski definition) is 1. The molecule has 0 radical (unpaired) electrons. The molecular weight excluding hydrogens is 812 g/mol. The lowest BCUT2D eigenvalue weighted by molar-refractivity contribution is -0.136. The minimum Gasteiger partial charge on any atom is -0.488 e. The zero-order valence-electron chi connectivity index (χ0n) is 14.8. The number of rotatable bonds is 7. The van der Waals surface area contributed by atoms with Gasteiger partial charge in [-0.15, -0.1) is 0 Å². The van der Waals surface area contributed by atoms with Crippen molar-refractivity contribution >= 4 is 96.3 Å². The highest BCUT2D eigenvalue weighted by atomic mass is 127. The number of carboxylic acid groups (broad SMARTS) is 1. The minimum atomic E-state index is -0.783. The molecule has 0 atom stereocenters. The fourth-order valence-electron chi connectivity index (χ4n) is 3.10. The Bertz CT molecular complexity index is 832. The van der Waals surface area contributed by atoms with Crippen LogP contribution in [-0.4, -0.2) is 17.2 Å². The molecule has 150 valence electrons. The molecule has 0 spiro atoms. The van der Waals surface area contributed by atoms with E-state index in [1.165, 1.54) is 12.8 Å². The first kappa shape index (κ1) is 23.1. The fourth-order valence-corrected chi connectivity index (χ4v) is 7.19. The third-order valence-electron chi connectivity index (χ3n) is 4.46. The van der Waals surface area contributed by atoms with Crippen LogP contribution in [-0.2, 0) is 11.2 Å². The van der Waals surface area contributed by atoms with Gasteiger partial charge in [-0.1, -0.05) is 0 Å². The predicted octanol–water partition coefficient (Wildman–Crippen LogP) is 7.24. The smallest absolute Gasteiger partial charge is 0.303 e. The molecule has 4 nitrogen and oxygen atoms in total. The average molecular weight is 830 g/mol. The second-order valence-corrected chi connectivity index (χ2v) is 11.3. The number of carboxylic acids is 1. The number of ether oxygens (including phenoxy) is 2. The molecule has 1 fully saturated rings. The average Bonchev–Trinajstić information content (AvgIpc) is 3.13. The van der Waals surface area contributed by atoms with Crippen LogP contribution in [0.3, 0.4) is 0 Å². The standard InChI is InChI=1S/C20H18I4O4/c21-14-7-11(5-6-18(25)26)8-15(22)19(14)28-13-9-16(23)20(17(24)10-13)27-12-3-1-2-4-12/h7-10,12H,1-6H2,(H,25,26). The molecule has 1 saturated carbocycles. The largest absolute Gasteiger partial charge is 0.488 e. The van der Waals surface area contributed by atoms with E-state index in [2.05, 4.69) is 90.4 Å². The molecule has 0 amide bonds. The topological polar surface area (TPSA) is 55.8 Å². The molecular formula is C20H18I4O4. The summed E-state index contributed by atoms with van der Waals surface area (Å²) < 4.78 is 16.5. The van der Waals surface area contributed by atoms with E-state index < -0.39 is 5.97 Å². The molecule has 0 bridgehead atoms. The summed E-state index contributed by atoms with van der Waals surface area (Å²) in [6.45, 7) is 0. The zero-order chi connectivity index (χ0) is 20.3. The van der Waals surface area contributed by atoms with Gasteiger partial charge in [0.25, 0.3) is 0 Å². The van der Waals surface area contributed by atoms with Crippen molar-refractivity contribution in [2.75, 3.05) is 0 Å². The summed E-state index contributed by atoms with van der Waals surface area (Å²) in [7, 11) is 0. The molecule has 0 heterocycles. The van der Waals surface area contributed by atoms with E-state index in [0.29, 0.717) is 12.5 Å². The Balaban J connectivity index is 1.78. The zero-order valence-corrected chi connectivity index (χ0v) is 23.4. The molecule has 0 saturated heterocycles. The Morgan fingerprint density at radius 1 is 0.929 bits per heavy atom. The Hall–Kier alpha value is 0.430. The van der Waals surface area contributed by atoms with Crippen molar-refractivity contribution in [2.24, 2.45) is 0 Å². The molecule has 0 aliphatic heterocycles. The molecule has 28 heavy (non-hydrogen) atoms. The van der Waals surface area contributed by atoms with Crippen LogP contribution in [0.5, 0.6) is 17.2 Å². The first-order chi connectivity index (χ1) is 13.3. The summed E-state index contributed by atoms with van der Waals surface area (Å²) in [6, 6.07) is 8.01. The Labute approximate surface area is 219 Å². The lowest BCUT2D eigenvalue weighted by Gasteiger charge is -2.18. The SMILES string of the molecule is O=C(O)CCc1cc(I)c(Oc2cc(I)c(OC3CCCC3)c(I)c2)c(I)c1. The van der Waals surface area contributed by atoms with E-state index in [1.807, 2.05) is 24.3 Å². The maximum absolute atomic E-state index is 10.8. The van der Waals surface area contributed by atoms with Crippen molar-refractivity contribution in [3.05, 3.63) is 44.1 Å². The van der Waals surface area contributed by atoms with Crippen LogP contribution < -0.4 is 9.47 Å². The number of hydrogen-bond acceptors (Lipinski definition) is 3. The summed E-state index contributed by atoms with van der Waals surface area (Å²) in [5, 5.41) is 8.89. The highest BCUT2D eigenvalue weighted by molar-refractivity contribution is 14.1. The van der Waals surface area contributed by atoms with E-state index in [4.69, 9.17) is 14.6 Å². The Morgan fingerprint density at radius 2 is 1.46 bits per heavy atom. The highest BCUT2D eigenvalue weighted by Gasteiger charge is 2.20. The lowest BCUT2D eigenvalue weighted by atomic mass is 10.1. The molecule has 2 aromatic rings. The van der Waals surface area contributed by atoms with Crippen LogP contribution in [0.1, 0.15) is 37.7 Å². The van der Waals surface area contributed by atoms with Crippen molar-refractivity contribution in [1.82, 2.24) is 0 Å². The predicted molar refractivity (Wildman–Crippen MR) is 143 cm³/mol. The van der Waals surface area contributed by atoms with E-state index in [-0.39, 0.29) is 6.42 Å². The quantitative estimate of drug-likeness (QED) is 0.300. The van der Waals surface area contributed by atoms with Gasteiger partial charge in [0, 0.05) is 6.42 Å². The van der Waals surface area contributed by atoms with Gasteiger partial charge in [0.15, 0.2) is 5.75 Å². The van der Waals surface area contributed by atoms with E-state index in [0.717, 1.165) is 49.9 Å². The number of aryl methyl sites for hydroxylation is 1. The highest BCUT2D eigenvalue weighted by Crippen LogP contribution is 2.38. The van der Waals surface area contributed by atoms with Crippen molar-refractivity contribution in [1.29, 1.82) is 0 Å². The van der Waals surface area contributed by atoms with E-state index in [9.17, 15) is 4.79 Å². The van der Waals surface area contributed by atoms with Gasteiger partial charge in [-0.2, -0.15) is 0 Å². The molecule has 0 unspecified atom stereocenters. The van der Waals surface area contributed by atoms with Gasteiger partial charge in [0.2, 0.25) is 0 Å². The lowest BCUT2D eigenvalue weighted by Crippen LogP contribution is -2.12. The van der Waals surface area contributed by atoms with Gasteiger partial charge in [-0.3, -0.25) is 4.79 Å². The van der Waals surface area contributed by atoms with Crippen molar-refractivity contribution in [2.45, 2.75) is 44.6 Å². The van der Waals surface area contributed by atoms with Crippen LogP contribution in [0.15, 0.2) is 24.3 Å². The monoisotopic (exact) mass is 830 g/mol. The Kier molecular flexibility index (Phi) is 8.78. The number of aliphatic carboxylic acids is 1. The van der Waals surface area contributed by atoms with Gasteiger partial charge in [0.1, 0.15) is 11.5 Å². The second-order valence-electron chi connectivity index (χ2n) is 6.62. The van der Waals surface area contributed by atoms with Crippen LogP contribution in [0.2, 0.25) is 0 Å². The van der Waals surface area contributed by atoms with Gasteiger partial charge in [0.05, 0.1) is 20.4 Å². The van der Waals surface area contributed by atoms with E-state index in [1.54, 1.807) is 0 Å². The molecule has 0 aromatic heterocycles. The van der Waals surface area contributed by atoms with Crippen LogP contribution in [0.25, 0.3) is 0 Å². The third-order valence-corrected chi connectivity index (χ3v) is 7.67. The molecule has 1 aliphatic carbocycles. The van der Waals surface area contributed by atoms with Crippen molar-refractivity contribution in [3.8, 4) is 17.2 Å². The minimum absolute atomic E-state index is 0.130. The first-order valence-corrected chi connectivity index (χ1v) is 13.2. The maximum atomic E-state index is 10.8. The summed E-state index contributed by atoms with van der Waals surface area (Å²) in [5.41, 5.74) is 1.01. The summed E-state index contributed by atoms with van der Waals surface area (Å²) in [5.74, 6) is 1.75. The van der Waals surface area contributed by atoms with Gasteiger partial charge < -0.3 is 14.6 Å². The molecule has 1 aliphatic rings. The number of benzene rings is 2. The molecule has 2 aromatic carbocycles. The summed E-state index contributed by atoms with van der Waals surface area (Å²) in [6.07, 6.45) is 5.74. The summed E-state index contributed by atoms with van der Waals surface area (Å²) >= 11 is 9.12. The number of halogens is 4. The fraction of sp³-hybridized carbons (Fsp3) is 0.350. The molecule has 3 rings (SSSR count). The van der Waals surface area contributed by atoms with Crippen LogP contribution >= 0.6 is 90.4 Å². The van der Waals surface area contributed by atoms with Crippen LogP contribution in [0.4, 0.5) is 0 Å². The third kappa shape index (κ3) is 6.22. The normalized spacial score (nSPS) is 14.3. The van der Waals surface area contributed by atoms with E-state index >= 15 is 0 Å². The van der Waals surface area contributed by atoms with Gasteiger partial charge in [-0.05, 0) is 152 Å². The van der Waals surface area contributed by atoms with Crippen molar-refractivity contribution < 1.29 is 19.4 Å². The first-order valence-electron chi connectivity index (χ1n) is 8.86. The molecule has 1 N–H and O–H groups in total. The Morgan fingerprint density at radius 3 is 2.00 bits per heavy atom. The second kappa shape index (κ2) is 10.6. The van der Waals surface area contributed by atoms with Crippen LogP contribution in [0, 0.1) is 14.3 Å². The van der Waals surface area contributed by atoms with Gasteiger partial charge >= 0.3 is 5.97 Å². The number of carbonyl (C=O) groups is 1. The molecule has 8 heteroatoms. The summed E-state index contributed by atoms with van der Waals surface area (Å²) in [4.78, 5) is 10.8. The maximum Gasteiger partial charge on any atom is 0.303 e.